The normalized spacial score (nSPS) is 15.5. The molecule has 4 heavy (non-hydrogen) atoms. The first-order valence-corrected chi connectivity index (χ1v) is 1.32. The molecule has 26 valence electrons. The summed E-state index contributed by atoms with van der Waals surface area (Å²) in [5.74, 6) is 0. The lowest BCUT2D eigenvalue weighted by Gasteiger charge is -1.70. The molecule has 0 aliphatic heterocycles. The Morgan fingerprint density at radius 2 is 3.00 bits per heavy atom. The van der Waals surface area contributed by atoms with Gasteiger partial charge >= 0.3 is 0 Å². The summed E-state index contributed by atoms with van der Waals surface area (Å²) in [5.41, 5.74) is 4.99. The van der Waals surface area contributed by atoms with Crippen molar-refractivity contribution in [1.29, 1.82) is 0 Å². The van der Waals surface area contributed by atoms with Gasteiger partial charge in [0, 0.05) is 2.74 Å². The van der Waals surface area contributed by atoms with E-state index in [1.54, 1.807) is 0 Å². The zero-order valence-electron chi connectivity index (χ0n) is 4.57. The fourth-order valence-corrected chi connectivity index (χ4v) is 0. The average molecular weight is 61.1 g/mol. The molecule has 0 saturated carbocycles. The lowest BCUT2D eigenvalue weighted by atomic mass is 10.5. The van der Waals surface area contributed by atoms with Crippen LogP contribution in [0.15, 0.2) is 0 Å². The van der Waals surface area contributed by atoms with Crippen LogP contribution in [-0.4, -0.2) is 6.54 Å². The number of rotatable bonds is 1. The number of hydrogen-bond acceptors (Lipinski definition) is 1. The summed E-state index contributed by atoms with van der Waals surface area (Å²) in [7, 11) is 0. The van der Waals surface area contributed by atoms with Gasteiger partial charge in [-0.2, -0.15) is 0 Å². The zero-order chi connectivity index (χ0) is 4.99. The van der Waals surface area contributed by atoms with Crippen molar-refractivity contribution in [3.05, 3.63) is 0 Å². The van der Waals surface area contributed by atoms with E-state index in [0.717, 1.165) is 0 Å². The van der Waals surface area contributed by atoms with E-state index in [4.69, 9.17) is 8.48 Å². The van der Waals surface area contributed by atoms with Crippen LogP contribution in [0.2, 0.25) is 0 Å². The second kappa shape index (κ2) is 2.96. The second-order valence-corrected chi connectivity index (χ2v) is 0.577. The van der Waals surface area contributed by atoms with E-state index >= 15 is 0 Å². The zero-order valence-corrected chi connectivity index (χ0v) is 2.57. The van der Waals surface area contributed by atoms with Gasteiger partial charge < -0.3 is 5.73 Å². The van der Waals surface area contributed by atoms with Crippen LogP contribution in [-0.2, 0) is 0 Å². The molecule has 0 aliphatic carbocycles. The lowest BCUT2D eigenvalue weighted by Crippen LogP contribution is -1.93. The molecule has 0 aromatic heterocycles. The molecule has 0 aromatic carbocycles. The van der Waals surface area contributed by atoms with Gasteiger partial charge in [-0.1, -0.05) is 6.88 Å². The first-order chi connectivity index (χ1) is 2.77. The molecule has 0 spiro atoms. The third-order valence-electron chi connectivity index (χ3n) is 0.167. The van der Waals surface area contributed by atoms with Crippen LogP contribution in [0.25, 0.3) is 0 Å². The minimum absolute atomic E-state index is 0.456. The predicted octanol–water partition coefficient (Wildman–Crippen LogP) is 0.355. The van der Waals surface area contributed by atoms with Gasteiger partial charge in [0.15, 0.2) is 0 Å². The minimum Gasteiger partial charge on any atom is -0.330 e. The fourth-order valence-electron chi connectivity index (χ4n) is 0. The molecule has 0 aliphatic rings. The molecule has 1 heteroatoms. The third-order valence-corrected chi connectivity index (χ3v) is 0.167. The molecule has 0 rings (SSSR count). The highest BCUT2D eigenvalue weighted by Gasteiger charge is 1.55. The highest BCUT2D eigenvalue weighted by molar-refractivity contribution is 4.19. The maximum absolute atomic E-state index is 6.56. The van der Waals surface area contributed by atoms with Crippen molar-refractivity contribution in [3.63, 3.8) is 0 Å². The monoisotopic (exact) mass is 61.1 g/mol. The largest absolute Gasteiger partial charge is 0.330 e. The van der Waals surface area contributed by atoms with Crippen LogP contribution in [0.3, 0.4) is 0 Å². The Morgan fingerprint density at radius 1 is 2.25 bits per heavy atom. The Hall–Kier alpha value is -0.0400. The van der Waals surface area contributed by atoms with Crippen molar-refractivity contribution in [1.82, 2.24) is 0 Å². The number of hydrogen-bond donors (Lipinski definition) is 1. The van der Waals surface area contributed by atoms with E-state index in [2.05, 4.69) is 0 Å². The third kappa shape index (κ3) is 1.96. The van der Waals surface area contributed by atoms with E-state index < -0.39 is 6.88 Å². The van der Waals surface area contributed by atoms with E-state index in [-0.39, 0.29) is 0 Å². The molecule has 0 amide bonds. The Bertz CT molecular complexity index is 30.0. The van der Waals surface area contributed by atoms with Crippen molar-refractivity contribution in [2.45, 2.75) is 13.3 Å². The molecule has 0 saturated heterocycles. The topological polar surface area (TPSA) is 26.0 Å². The van der Waals surface area contributed by atoms with Gasteiger partial charge in [-0.25, -0.2) is 0 Å². The van der Waals surface area contributed by atoms with Crippen molar-refractivity contribution < 1.29 is 2.74 Å². The second-order valence-electron chi connectivity index (χ2n) is 0.577. The summed E-state index contributed by atoms with van der Waals surface area (Å²) >= 11 is 0. The molecule has 0 atom stereocenters. The summed E-state index contributed by atoms with van der Waals surface area (Å²) in [6, 6.07) is 0. The molecule has 1 nitrogen and oxygen atoms in total. The quantitative estimate of drug-likeness (QED) is 0.465. The molecule has 0 bridgehead atoms. The maximum Gasteiger partial charge on any atom is 0.0231 e. The van der Waals surface area contributed by atoms with Gasteiger partial charge in [-0.05, 0) is 13.0 Å². The van der Waals surface area contributed by atoms with E-state index in [1.807, 2.05) is 0 Å². The molecule has 0 radical (unpaired) electrons. The van der Waals surface area contributed by atoms with Crippen molar-refractivity contribution in [2.75, 3.05) is 6.54 Å². The van der Waals surface area contributed by atoms with E-state index in [0.29, 0.717) is 13.0 Å². The molecular formula is C3H9N. The van der Waals surface area contributed by atoms with Gasteiger partial charge in [0.2, 0.25) is 0 Å². The van der Waals surface area contributed by atoms with Crippen LogP contribution in [0.4, 0.5) is 0 Å². The molecular weight excluding hydrogens is 50.0 g/mol. The molecule has 0 unspecified atom stereocenters. The van der Waals surface area contributed by atoms with Gasteiger partial charge in [0.05, 0.1) is 0 Å². The van der Waals surface area contributed by atoms with Crippen LogP contribution in [0.5, 0.6) is 0 Å². The Labute approximate surface area is 29.6 Å². The van der Waals surface area contributed by atoms with Crippen LogP contribution in [0, 0.1) is 0 Å². The molecule has 0 heterocycles. The van der Waals surface area contributed by atoms with Crippen molar-refractivity contribution in [3.8, 4) is 0 Å². The first-order valence-electron chi connectivity index (χ1n) is 2.47. The Morgan fingerprint density at radius 3 is 3.00 bits per heavy atom. The van der Waals surface area contributed by atoms with Crippen LogP contribution < -0.4 is 5.73 Å². The predicted molar refractivity (Wildman–Crippen MR) is 19.3 cm³/mol. The molecule has 0 aromatic rings. The maximum atomic E-state index is 6.56. The summed E-state index contributed by atoms with van der Waals surface area (Å²) in [6.07, 6.45) is 0.486. The fraction of sp³-hybridized carbons (Fsp3) is 1.00. The smallest absolute Gasteiger partial charge is 0.0231 e. The highest BCUT2D eigenvalue weighted by Crippen LogP contribution is 1.57. The van der Waals surface area contributed by atoms with Gasteiger partial charge in [-0.15, -0.1) is 0 Å². The van der Waals surface area contributed by atoms with E-state index in [9.17, 15) is 0 Å². The Balaban J connectivity index is 2.63. The summed E-state index contributed by atoms with van der Waals surface area (Å²) in [6.45, 7) is -0.271. The molecule has 2 N–H and O–H groups in total. The lowest BCUT2D eigenvalue weighted by molar-refractivity contribution is 0.932. The van der Waals surface area contributed by atoms with Crippen LogP contribution in [0.1, 0.15) is 16.0 Å². The van der Waals surface area contributed by atoms with Gasteiger partial charge in [-0.3, -0.25) is 0 Å². The van der Waals surface area contributed by atoms with Gasteiger partial charge in [0.25, 0.3) is 0 Å². The van der Waals surface area contributed by atoms with Crippen molar-refractivity contribution >= 4 is 0 Å². The van der Waals surface area contributed by atoms with E-state index in [1.165, 1.54) is 0 Å². The summed E-state index contributed by atoms with van der Waals surface area (Å²) in [4.78, 5) is 0. The summed E-state index contributed by atoms with van der Waals surface area (Å²) in [5, 5.41) is 0. The standard InChI is InChI=1S/C3H9N/c1-2-3-4/h2-4H2,1H3/i1D2. The SMILES string of the molecule is [2H]C([2H])CCN. The summed E-state index contributed by atoms with van der Waals surface area (Å²) < 4.78 is 13.1. The Kier molecular flexibility index (Phi) is 1.04. The van der Waals surface area contributed by atoms with Crippen molar-refractivity contribution in [2.24, 2.45) is 5.73 Å². The number of nitrogens with two attached hydrogens (primary N) is 1. The first kappa shape index (κ1) is 1.41. The van der Waals surface area contributed by atoms with Crippen LogP contribution >= 0.6 is 0 Å². The molecule has 0 fully saturated rings. The van der Waals surface area contributed by atoms with Gasteiger partial charge in [0.1, 0.15) is 0 Å². The minimum atomic E-state index is -0.727. The highest BCUT2D eigenvalue weighted by atomic mass is 14.5. The average Bonchev–Trinajstić information content (AvgIpc) is 1.35.